The van der Waals surface area contributed by atoms with Crippen molar-refractivity contribution in [3.63, 3.8) is 0 Å². The lowest BCUT2D eigenvalue weighted by Crippen LogP contribution is -2.39. The van der Waals surface area contributed by atoms with Crippen molar-refractivity contribution in [3.05, 3.63) is 46.5 Å². The molecule has 2 fully saturated rings. The number of hydrazine groups is 1. The molecule has 2 saturated carbocycles. The van der Waals surface area contributed by atoms with Crippen LogP contribution in [0.25, 0.3) is 5.57 Å². The van der Waals surface area contributed by atoms with Crippen molar-refractivity contribution >= 4 is 31.3 Å². The number of halogens is 3. The van der Waals surface area contributed by atoms with Gasteiger partial charge in [0.2, 0.25) is 5.91 Å². The smallest absolute Gasteiger partial charge is 0.364 e. The summed E-state index contributed by atoms with van der Waals surface area (Å²) < 4.78 is 51.9. The van der Waals surface area contributed by atoms with Gasteiger partial charge in [-0.2, -0.15) is 18.3 Å². The maximum Gasteiger partial charge on any atom is 0.434 e. The Morgan fingerprint density at radius 3 is 2.21 bits per heavy atom. The molecule has 4 N–H and O–H groups in total. The second kappa shape index (κ2) is 16.8. The van der Waals surface area contributed by atoms with Gasteiger partial charge in [0.05, 0.1) is 18.2 Å². The molecule has 10 nitrogen and oxygen atoms in total. The predicted octanol–water partition coefficient (Wildman–Crippen LogP) is 8.17. The molecule has 5 rings (SSSR count). The van der Waals surface area contributed by atoms with Crippen LogP contribution in [0.15, 0.2) is 24.0 Å². The van der Waals surface area contributed by atoms with Crippen molar-refractivity contribution in [2.45, 2.75) is 135 Å². The van der Waals surface area contributed by atoms with E-state index in [1.807, 2.05) is 13.8 Å². The van der Waals surface area contributed by atoms with Gasteiger partial charge in [-0.05, 0) is 56.7 Å². The third-order valence-corrected chi connectivity index (χ3v) is 13.0. The van der Waals surface area contributed by atoms with Crippen LogP contribution in [-0.4, -0.2) is 59.0 Å². The van der Waals surface area contributed by atoms with E-state index in [9.17, 15) is 22.8 Å². The molecule has 0 aromatic carbocycles. The van der Waals surface area contributed by atoms with Gasteiger partial charge in [-0.1, -0.05) is 83.8 Å². The number of nitrogens with one attached hydrogen (secondary N) is 2. The second-order valence-electron chi connectivity index (χ2n) is 16.2. The number of rotatable bonds is 14. The molecular weight excluding hydrogens is 688 g/mol. The van der Waals surface area contributed by atoms with E-state index < -0.39 is 43.7 Å². The highest BCUT2D eigenvalue weighted by Crippen LogP contribution is 2.48. The van der Waals surface area contributed by atoms with Crippen LogP contribution < -0.4 is 16.5 Å². The number of anilines is 1. The largest absolute Gasteiger partial charge is 0.434 e. The highest BCUT2D eigenvalue weighted by molar-refractivity contribution is 6.76. The summed E-state index contributed by atoms with van der Waals surface area (Å²) in [6.07, 6.45) is 7.12. The van der Waals surface area contributed by atoms with E-state index in [-0.39, 0.29) is 41.6 Å². The van der Waals surface area contributed by atoms with Crippen molar-refractivity contribution in [2.24, 2.45) is 23.5 Å². The van der Waals surface area contributed by atoms with Crippen molar-refractivity contribution in [1.82, 2.24) is 25.2 Å². The summed E-state index contributed by atoms with van der Waals surface area (Å²) in [5.41, 5.74) is 9.76. The van der Waals surface area contributed by atoms with E-state index >= 15 is 0 Å². The van der Waals surface area contributed by atoms with E-state index in [0.29, 0.717) is 30.0 Å². The van der Waals surface area contributed by atoms with Gasteiger partial charge in [-0.15, -0.1) is 0 Å². The number of nitrogens with two attached hydrogens (primary N) is 1. The topological polar surface area (TPSA) is 127 Å². The summed E-state index contributed by atoms with van der Waals surface area (Å²) in [5.74, 6) is -1.85. The van der Waals surface area contributed by atoms with Gasteiger partial charge in [0.1, 0.15) is 18.2 Å². The molecule has 2 atom stereocenters. The number of primary amides is 1. The molecule has 0 radical (unpaired) electrons. The Labute approximate surface area is 307 Å². The molecule has 1 aliphatic heterocycles. The number of nitrogens with zero attached hydrogens (tertiary/aromatic N) is 4. The molecular formula is C38H58F3N7O3Si. The monoisotopic (exact) mass is 745 g/mol. The number of ether oxygens (including phenoxy) is 1. The fraction of sp³-hybridized carbons (Fsp3) is 0.684. The lowest BCUT2D eigenvalue weighted by Gasteiger charge is -2.41. The molecule has 1 unspecified atom stereocenters. The fourth-order valence-electron chi connectivity index (χ4n) is 8.74. The van der Waals surface area contributed by atoms with E-state index in [1.165, 1.54) is 16.8 Å². The van der Waals surface area contributed by atoms with E-state index in [0.717, 1.165) is 70.3 Å². The summed E-state index contributed by atoms with van der Waals surface area (Å²) in [4.78, 5) is 31.7. The quantitative estimate of drug-likeness (QED) is 0.132. The molecule has 0 spiro atoms. The van der Waals surface area contributed by atoms with Gasteiger partial charge >= 0.3 is 6.18 Å². The first-order valence-electron chi connectivity index (χ1n) is 19.2. The molecule has 2 amide bonds. The van der Waals surface area contributed by atoms with Gasteiger partial charge < -0.3 is 15.8 Å². The highest BCUT2D eigenvalue weighted by Gasteiger charge is 2.44. The maximum atomic E-state index is 14.8. The average molecular weight is 746 g/mol. The van der Waals surface area contributed by atoms with E-state index in [4.69, 9.17) is 10.5 Å². The van der Waals surface area contributed by atoms with Gasteiger partial charge in [0.25, 0.3) is 5.91 Å². The zero-order chi connectivity index (χ0) is 37.8. The average Bonchev–Trinajstić information content (AvgIpc) is 3.65. The molecule has 0 saturated heterocycles. The Morgan fingerprint density at radius 2 is 1.67 bits per heavy atom. The third-order valence-electron chi connectivity index (χ3n) is 11.3. The van der Waals surface area contributed by atoms with Gasteiger partial charge in [-0.25, -0.2) is 10.4 Å². The van der Waals surface area contributed by atoms with Crippen LogP contribution in [0.2, 0.25) is 25.7 Å². The standard InChI is InChI=1S/C38H58F3N7O3Si/c1-7-47-34(36(42)49)29(22-43-47)33(32(26-14-10-8-11-15-26)27-16-12-9-13-17-27)37(50)45-30-19-18-28(35(44-30)38(39,40)41)31-24(2)46-48(25(31)3)23-51-20-21-52(4,5)6/h18-19,22,24,26-27,32-33,46H,7-17,20-21,23H2,1-6H3,(H2,42,49)(H,44,45,50)/t24?,33-/m1/s1. The lowest BCUT2D eigenvalue weighted by molar-refractivity contribution is -0.141. The Kier molecular flexibility index (Phi) is 12.9. The number of carbonyl (C=O) groups is 2. The third kappa shape index (κ3) is 9.28. The van der Waals surface area contributed by atoms with Crippen LogP contribution in [0.4, 0.5) is 19.0 Å². The van der Waals surface area contributed by atoms with Crippen molar-refractivity contribution in [3.8, 4) is 0 Å². The minimum Gasteiger partial charge on any atom is -0.364 e. The lowest BCUT2D eigenvalue weighted by atomic mass is 9.63. The zero-order valence-electron chi connectivity index (χ0n) is 31.7. The van der Waals surface area contributed by atoms with Gasteiger partial charge in [-0.3, -0.25) is 19.3 Å². The molecule has 52 heavy (non-hydrogen) atoms. The summed E-state index contributed by atoms with van der Waals surface area (Å²) >= 11 is 0. The number of aryl methyl sites for hydroxylation is 1. The molecule has 0 bridgehead atoms. The maximum absolute atomic E-state index is 14.8. The minimum absolute atomic E-state index is 0.0494. The summed E-state index contributed by atoms with van der Waals surface area (Å²) in [7, 11) is -1.30. The van der Waals surface area contributed by atoms with Crippen LogP contribution in [0.5, 0.6) is 0 Å². The fourth-order valence-corrected chi connectivity index (χ4v) is 9.50. The van der Waals surface area contributed by atoms with Crippen molar-refractivity contribution < 1.29 is 27.5 Å². The molecule has 3 heterocycles. The summed E-state index contributed by atoms with van der Waals surface area (Å²) in [6, 6.07) is 3.40. The first-order valence-corrected chi connectivity index (χ1v) is 22.9. The first kappa shape index (κ1) is 40.0. The molecule has 2 aromatic heterocycles. The Balaban J connectivity index is 1.51. The minimum atomic E-state index is -4.79. The number of hydrogen-bond donors (Lipinski definition) is 3. The molecule has 288 valence electrons. The van der Waals surface area contributed by atoms with Gasteiger partial charge in [0, 0.05) is 43.6 Å². The van der Waals surface area contributed by atoms with Crippen molar-refractivity contribution in [2.75, 3.05) is 18.7 Å². The second-order valence-corrected chi connectivity index (χ2v) is 21.8. The van der Waals surface area contributed by atoms with Crippen LogP contribution in [0.1, 0.15) is 118 Å². The zero-order valence-corrected chi connectivity index (χ0v) is 32.7. The summed E-state index contributed by atoms with van der Waals surface area (Å²) in [6.45, 7) is 13.4. The normalized spacial score (nSPS) is 20.2. The highest BCUT2D eigenvalue weighted by atomic mass is 28.3. The molecule has 2 aliphatic carbocycles. The van der Waals surface area contributed by atoms with Crippen LogP contribution in [0, 0.1) is 17.8 Å². The number of alkyl halides is 3. The number of hydrogen-bond acceptors (Lipinski definition) is 7. The Hall–Kier alpha value is -3.23. The van der Waals surface area contributed by atoms with Gasteiger partial charge in [0.15, 0.2) is 5.69 Å². The SMILES string of the molecule is CCn1ncc([C@@H](C(=O)Nc2ccc(C3=C(C)N(COCC[Si](C)(C)C)NC3C)c(C(F)(F)F)n2)C(C2CCCCC2)C2CCCCC2)c1C(N)=O. The number of carbonyl (C=O) groups excluding carboxylic acids is 2. The Bertz CT molecular complexity index is 1570. The Morgan fingerprint density at radius 1 is 1.06 bits per heavy atom. The molecule has 2 aromatic rings. The van der Waals surface area contributed by atoms with Crippen molar-refractivity contribution in [1.29, 1.82) is 0 Å². The predicted molar refractivity (Wildman–Crippen MR) is 200 cm³/mol. The number of aromatic nitrogens is 3. The number of allylic oxidation sites excluding steroid dienone is 1. The number of amides is 2. The first-order chi connectivity index (χ1) is 24.6. The number of pyridine rings is 1. The van der Waals surface area contributed by atoms with Crippen LogP contribution in [0.3, 0.4) is 0 Å². The molecule has 14 heteroatoms. The van der Waals surface area contributed by atoms with Crippen LogP contribution in [-0.2, 0) is 22.3 Å². The molecule has 3 aliphatic rings. The summed E-state index contributed by atoms with van der Waals surface area (Å²) in [5, 5.41) is 8.99. The van der Waals surface area contributed by atoms with E-state index in [2.05, 4.69) is 40.5 Å². The van der Waals surface area contributed by atoms with Crippen LogP contribution >= 0.6 is 0 Å². The van der Waals surface area contributed by atoms with E-state index in [1.54, 1.807) is 18.1 Å².